The van der Waals surface area contributed by atoms with E-state index in [4.69, 9.17) is 33.7 Å². The number of hydrogen-bond donors (Lipinski definition) is 4. The lowest BCUT2D eigenvalue weighted by Crippen LogP contribution is -2.51. The highest BCUT2D eigenvalue weighted by atomic mass is 16.5. The molecule has 5 atom stereocenters. The number of carbonyl (C=O) groups is 4. The van der Waals surface area contributed by atoms with E-state index in [-0.39, 0.29) is 35.7 Å². The zero-order valence-electron chi connectivity index (χ0n) is 40.1. The topological polar surface area (TPSA) is 207 Å². The zero-order valence-corrected chi connectivity index (χ0v) is 40.1. The third-order valence-corrected chi connectivity index (χ3v) is 13.5. The van der Waals surface area contributed by atoms with Gasteiger partial charge >= 0.3 is 12.2 Å². The average molecular weight is 942 g/mol. The van der Waals surface area contributed by atoms with E-state index in [0.29, 0.717) is 42.0 Å². The molecule has 362 valence electrons. The number of amides is 4. The van der Waals surface area contributed by atoms with Gasteiger partial charge in [-0.1, -0.05) is 39.8 Å². The van der Waals surface area contributed by atoms with E-state index in [0.717, 1.165) is 75.9 Å². The van der Waals surface area contributed by atoms with Gasteiger partial charge in [0.15, 0.2) is 0 Å². The molecule has 2 fully saturated rings. The summed E-state index contributed by atoms with van der Waals surface area (Å²) in [4.78, 5) is 72.2. The number of ether oxygens (including phenoxy) is 5. The molecule has 9 rings (SSSR count). The summed E-state index contributed by atoms with van der Waals surface area (Å²) in [5.74, 6) is 2.62. The van der Waals surface area contributed by atoms with Gasteiger partial charge in [0.2, 0.25) is 18.0 Å². The minimum absolute atomic E-state index is 0.143. The summed E-state index contributed by atoms with van der Waals surface area (Å²) in [7, 11) is 5.81. The number of nitrogens with zero attached hydrogens (tertiary/aromatic N) is 5. The lowest BCUT2D eigenvalue weighted by atomic mass is 10.0. The number of methoxy groups -OCH3 is 4. The van der Waals surface area contributed by atoms with Crippen LogP contribution in [0.5, 0.6) is 17.2 Å². The van der Waals surface area contributed by atoms with Crippen LogP contribution in [-0.2, 0) is 19.1 Å². The Kier molecular flexibility index (Phi) is 13.0. The highest BCUT2D eigenvalue weighted by molar-refractivity contribution is 5.93. The third kappa shape index (κ3) is 8.90. The molecule has 0 radical (unpaired) electrons. The monoisotopic (exact) mass is 941 g/mol. The maximum Gasteiger partial charge on any atom is 0.407 e. The molecule has 3 aromatic carbocycles. The Hall–Kier alpha value is -7.50. The van der Waals surface area contributed by atoms with Crippen LogP contribution in [0.1, 0.15) is 88.9 Å². The fraction of sp³-hybridized carbons (Fsp3) is 0.412. The summed E-state index contributed by atoms with van der Waals surface area (Å²) in [5.41, 5.74) is 6.93. The van der Waals surface area contributed by atoms with Gasteiger partial charge in [0, 0.05) is 46.8 Å². The number of aromatic amines is 2. The number of likely N-dealkylation sites (tertiary alicyclic amines) is 2. The van der Waals surface area contributed by atoms with Crippen LogP contribution in [0.4, 0.5) is 9.59 Å². The predicted molar refractivity (Wildman–Crippen MR) is 257 cm³/mol. The van der Waals surface area contributed by atoms with E-state index in [9.17, 15) is 19.2 Å². The molecule has 0 aliphatic carbocycles. The van der Waals surface area contributed by atoms with Crippen LogP contribution in [0.25, 0.3) is 44.7 Å². The molecular weight excluding hydrogens is 883 g/mol. The van der Waals surface area contributed by atoms with Crippen molar-refractivity contribution in [1.29, 1.82) is 0 Å². The fourth-order valence-electron chi connectivity index (χ4n) is 9.92. The number of hydrogen-bond acceptors (Lipinski definition) is 11. The number of carbonyl (C=O) groups excluding carboxylic acids is 4. The number of fused-ring (bicyclic) bond motifs is 5. The number of imidazole rings is 2. The van der Waals surface area contributed by atoms with Gasteiger partial charge in [-0.25, -0.2) is 19.6 Å². The Bertz CT molecular complexity index is 2880. The number of rotatable bonds is 13. The van der Waals surface area contributed by atoms with Crippen molar-refractivity contribution in [1.82, 2.24) is 44.9 Å². The summed E-state index contributed by atoms with van der Waals surface area (Å²) in [5, 5.41) is 6.40. The second kappa shape index (κ2) is 19.2. The van der Waals surface area contributed by atoms with E-state index in [2.05, 4.69) is 55.5 Å². The molecule has 69 heavy (non-hydrogen) atoms. The van der Waals surface area contributed by atoms with Gasteiger partial charge in [-0.15, -0.1) is 0 Å². The highest BCUT2D eigenvalue weighted by Gasteiger charge is 2.39. The molecule has 18 nitrogen and oxygen atoms in total. The Morgan fingerprint density at radius 1 is 0.681 bits per heavy atom. The molecule has 18 heteroatoms. The molecule has 4 N–H and O–H groups in total. The van der Waals surface area contributed by atoms with E-state index in [1.807, 2.05) is 58.0 Å². The summed E-state index contributed by atoms with van der Waals surface area (Å²) in [6, 6.07) is 18.2. The largest absolute Gasteiger partial charge is 0.497 e. The highest BCUT2D eigenvalue weighted by Crippen LogP contribution is 2.47. The minimum Gasteiger partial charge on any atom is -0.497 e. The Morgan fingerprint density at radius 3 is 1.71 bits per heavy atom. The van der Waals surface area contributed by atoms with E-state index in [1.165, 1.54) is 14.2 Å². The SMILES string of the molecule is COC(=O)N[C@H](C(=O)N1CCC[C@H]1c1ncc(-c2ccc3c(c2)OC(c2cc(OC)cc(OC)c2)n2c-3cc3cc(-c4cnc([C@@H]5CCCN5C(=O)[C@@H](NC(=O)OC)C(C)C)[nH]4)ccc32)[nH]1)C(C)C. The van der Waals surface area contributed by atoms with Crippen molar-refractivity contribution in [2.75, 3.05) is 41.5 Å². The van der Waals surface area contributed by atoms with Crippen molar-refractivity contribution in [3.63, 3.8) is 0 Å². The van der Waals surface area contributed by atoms with Gasteiger partial charge in [-0.2, -0.15) is 0 Å². The van der Waals surface area contributed by atoms with Gasteiger partial charge in [-0.3, -0.25) is 9.59 Å². The van der Waals surface area contributed by atoms with Crippen molar-refractivity contribution >= 4 is 34.9 Å². The van der Waals surface area contributed by atoms with Crippen LogP contribution in [-0.4, -0.2) is 112 Å². The molecule has 6 heterocycles. The van der Waals surface area contributed by atoms with Crippen LogP contribution in [0.2, 0.25) is 0 Å². The first-order valence-corrected chi connectivity index (χ1v) is 23.4. The van der Waals surface area contributed by atoms with Gasteiger partial charge in [-0.05, 0) is 80.0 Å². The minimum atomic E-state index is -0.738. The fourth-order valence-corrected chi connectivity index (χ4v) is 9.92. The molecule has 1 unspecified atom stereocenters. The Morgan fingerprint density at radius 2 is 1.20 bits per heavy atom. The molecule has 2 saturated heterocycles. The number of aromatic nitrogens is 5. The summed E-state index contributed by atoms with van der Waals surface area (Å²) in [6.45, 7) is 8.69. The van der Waals surface area contributed by atoms with Crippen molar-refractivity contribution in [2.24, 2.45) is 11.8 Å². The molecule has 0 spiro atoms. The van der Waals surface area contributed by atoms with Crippen LogP contribution in [0, 0.1) is 11.8 Å². The van der Waals surface area contributed by atoms with E-state index < -0.39 is 30.5 Å². The number of H-pyrrole nitrogens is 2. The smallest absolute Gasteiger partial charge is 0.407 e. The molecule has 0 bridgehead atoms. The summed E-state index contributed by atoms with van der Waals surface area (Å²) in [6.07, 6.45) is 4.76. The molecule has 3 aromatic heterocycles. The first-order chi connectivity index (χ1) is 33.3. The second-order valence-corrected chi connectivity index (χ2v) is 18.5. The summed E-state index contributed by atoms with van der Waals surface area (Å²) >= 11 is 0. The second-order valence-electron chi connectivity index (χ2n) is 18.5. The average Bonchev–Trinajstić information content (AvgIpc) is 4.23. The molecule has 3 aliphatic rings. The standard InChI is InChI=1S/C51H59N9O9/c1-27(2)43(56-50(63)67-7)47(61)58-17-9-11-39(58)45-52-25-36(54-45)29-14-16-38-31(19-29)22-41-35-15-13-30(23-42(35)69-49(60(38)41)32-20-33(65-5)24-34(21-32)66-6)37-26-53-46(55-37)40-12-10-18-59(40)48(62)44(28(3)4)57-51(64)68-8/h13-16,19-28,39-40,43-44,49H,9-12,17-18H2,1-8H3,(H,52,54)(H,53,55)(H,56,63)(H,57,64)/t39-,40-,43-,44-,49?/m0/s1. The quantitative estimate of drug-likeness (QED) is 0.0869. The third-order valence-electron chi connectivity index (χ3n) is 13.5. The van der Waals surface area contributed by atoms with Crippen molar-refractivity contribution in [3.8, 4) is 51.0 Å². The van der Waals surface area contributed by atoms with Crippen LogP contribution in [0.3, 0.4) is 0 Å². The number of nitrogens with one attached hydrogen (secondary N) is 4. The van der Waals surface area contributed by atoms with Crippen LogP contribution < -0.4 is 24.8 Å². The Balaban J connectivity index is 1.04. The molecule has 3 aliphatic heterocycles. The van der Waals surface area contributed by atoms with Crippen LogP contribution >= 0.6 is 0 Å². The Labute approximate surface area is 400 Å². The van der Waals surface area contributed by atoms with E-state index >= 15 is 0 Å². The van der Waals surface area contributed by atoms with Gasteiger partial charge < -0.3 is 58.7 Å². The molecule has 0 saturated carbocycles. The van der Waals surface area contributed by atoms with Crippen molar-refractivity contribution in [2.45, 2.75) is 83.8 Å². The maximum absolute atomic E-state index is 13.8. The molecular formula is C51H59N9O9. The van der Waals surface area contributed by atoms with Crippen LogP contribution in [0.15, 0.2) is 73.1 Å². The zero-order chi connectivity index (χ0) is 48.7. The van der Waals surface area contributed by atoms with Gasteiger partial charge in [0.1, 0.15) is 41.0 Å². The maximum atomic E-state index is 13.8. The van der Waals surface area contributed by atoms with Crippen molar-refractivity contribution in [3.05, 3.63) is 90.3 Å². The van der Waals surface area contributed by atoms with Gasteiger partial charge in [0.25, 0.3) is 0 Å². The molecule has 6 aromatic rings. The lowest BCUT2D eigenvalue weighted by Gasteiger charge is -2.31. The number of alkyl carbamates (subject to hydrolysis) is 2. The predicted octanol–water partition coefficient (Wildman–Crippen LogP) is 8.13. The number of benzene rings is 3. The van der Waals surface area contributed by atoms with Gasteiger partial charge in [0.05, 0.1) is 75.5 Å². The molecule has 4 amide bonds. The van der Waals surface area contributed by atoms with E-state index in [1.54, 1.807) is 36.4 Å². The van der Waals surface area contributed by atoms with Crippen molar-refractivity contribution < 1.29 is 42.9 Å². The summed E-state index contributed by atoms with van der Waals surface area (Å²) < 4.78 is 30.3. The lowest BCUT2D eigenvalue weighted by molar-refractivity contribution is -0.136. The normalized spacial score (nSPS) is 18.4. The first kappa shape index (κ1) is 46.6. The first-order valence-electron chi connectivity index (χ1n) is 23.4.